The maximum Gasteiger partial charge on any atom is 0.132 e. The lowest BCUT2D eigenvalue weighted by Gasteiger charge is -2.19. The number of hydrogen-bond donors (Lipinski definition) is 0. The van der Waals surface area contributed by atoms with E-state index in [2.05, 4.69) is 10.2 Å². The largest absolute Gasteiger partial charge is 0.300 e. The smallest absolute Gasteiger partial charge is 0.132 e. The van der Waals surface area contributed by atoms with E-state index in [1.807, 2.05) is 12.1 Å². The summed E-state index contributed by atoms with van der Waals surface area (Å²) in [6.45, 7) is 0. The van der Waals surface area contributed by atoms with Crippen LogP contribution in [0.2, 0.25) is 0 Å². The number of hydrogen-bond acceptors (Lipinski definition) is 4. The third-order valence-electron chi connectivity index (χ3n) is 2.33. The molecule has 0 radical (unpaired) electrons. The fourth-order valence-corrected chi connectivity index (χ4v) is 2.62. The molecule has 1 aliphatic carbocycles. The van der Waals surface area contributed by atoms with E-state index in [0.29, 0.717) is 11.0 Å². The molecule has 4 heteroatoms. The Morgan fingerprint density at radius 2 is 2.14 bits per heavy atom. The minimum absolute atomic E-state index is 0.404. The molecule has 0 aromatic carbocycles. The average molecular weight is 208 g/mol. The Labute approximate surface area is 87.3 Å². The Balaban J connectivity index is 1.89. The van der Waals surface area contributed by atoms with Crippen molar-refractivity contribution in [2.24, 2.45) is 0 Å². The van der Waals surface area contributed by atoms with Crippen LogP contribution < -0.4 is 0 Å². The van der Waals surface area contributed by atoms with E-state index in [1.54, 1.807) is 18.0 Å². The van der Waals surface area contributed by atoms with Gasteiger partial charge < -0.3 is 0 Å². The summed E-state index contributed by atoms with van der Waals surface area (Å²) in [7, 11) is 0. The second kappa shape index (κ2) is 4.55. The normalized spacial score (nSPS) is 18.4. The van der Waals surface area contributed by atoms with E-state index < -0.39 is 0 Å². The summed E-state index contributed by atoms with van der Waals surface area (Å²) >= 11 is 1.74. The maximum atomic E-state index is 11.0. The summed E-state index contributed by atoms with van der Waals surface area (Å²) in [5.41, 5.74) is 0. The molecular formula is C10H12N2OS. The molecule has 0 spiro atoms. The van der Waals surface area contributed by atoms with Crippen molar-refractivity contribution < 1.29 is 4.79 Å². The van der Waals surface area contributed by atoms with Crippen LogP contribution in [0, 0.1) is 0 Å². The van der Waals surface area contributed by atoms with Gasteiger partial charge in [0.05, 0.1) is 0 Å². The minimum Gasteiger partial charge on any atom is -0.300 e. The van der Waals surface area contributed by atoms with E-state index in [0.717, 1.165) is 30.7 Å². The Kier molecular flexibility index (Phi) is 3.14. The molecule has 0 aliphatic heterocycles. The predicted octanol–water partition coefficient (Wildman–Crippen LogP) is 2.08. The molecular weight excluding hydrogens is 196 g/mol. The highest BCUT2D eigenvalue weighted by atomic mass is 32.2. The van der Waals surface area contributed by atoms with Crippen molar-refractivity contribution >= 4 is 17.5 Å². The monoisotopic (exact) mass is 208 g/mol. The lowest BCUT2D eigenvalue weighted by atomic mass is 9.99. The van der Waals surface area contributed by atoms with Crippen LogP contribution in [0.25, 0.3) is 0 Å². The first-order chi connectivity index (χ1) is 6.84. The second-order valence-electron chi connectivity index (χ2n) is 3.42. The van der Waals surface area contributed by atoms with Crippen LogP contribution in [0.15, 0.2) is 23.4 Å². The quantitative estimate of drug-likeness (QED) is 0.746. The van der Waals surface area contributed by atoms with Crippen LogP contribution in [0.1, 0.15) is 25.7 Å². The number of aromatic nitrogens is 2. The first kappa shape index (κ1) is 9.65. The Morgan fingerprint density at radius 3 is 2.79 bits per heavy atom. The van der Waals surface area contributed by atoms with Gasteiger partial charge in [-0.2, -0.15) is 5.10 Å². The van der Waals surface area contributed by atoms with Gasteiger partial charge in [0.15, 0.2) is 0 Å². The Hall–Kier alpha value is -0.900. The molecule has 74 valence electrons. The van der Waals surface area contributed by atoms with E-state index in [1.165, 1.54) is 0 Å². The van der Waals surface area contributed by atoms with Crippen LogP contribution in [0.3, 0.4) is 0 Å². The van der Waals surface area contributed by atoms with Crippen LogP contribution in [0.4, 0.5) is 0 Å². The molecule has 1 aromatic rings. The van der Waals surface area contributed by atoms with Crippen LogP contribution in [-0.4, -0.2) is 21.2 Å². The predicted molar refractivity (Wildman–Crippen MR) is 55.2 cm³/mol. The molecule has 0 unspecified atom stereocenters. The number of carbonyl (C=O) groups excluding carboxylic acids is 1. The van der Waals surface area contributed by atoms with Gasteiger partial charge in [0, 0.05) is 24.3 Å². The first-order valence-corrected chi connectivity index (χ1v) is 5.68. The first-order valence-electron chi connectivity index (χ1n) is 4.80. The zero-order valence-electron chi connectivity index (χ0n) is 7.85. The lowest BCUT2D eigenvalue weighted by molar-refractivity contribution is -0.120. The van der Waals surface area contributed by atoms with Gasteiger partial charge >= 0.3 is 0 Å². The zero-order chi connectivity index (χ0) is 9.80. The highest BCUT2D eigenvalue weighted by Gasteiger charge is 2.19. The molecule has 14 heavy (non-hydrogen) atoms. The summed E-state index contributed by atoms with van der Waals surface area (Å²) in [5, 5.41) is 9.36. The molecule has 1 aliphatic rings. The van der Waals surface area contributed by atoms with E-state index in [-0.39, 0.29) is 0 Å². The molecule has 0 N–H and O–H groups in total. The molecule has 1 fully saturated rings. The molecule has 2 rings (SSSR count). The minimum atomic E-state index is 0.404. The van der Waals surface area contributed by atoms with Crippen molar-refractivity contribution in [1.29, 1.82) is 0 Å². The summed E-state index contributed by atoms with van der Waals surface area (Å²) < 4.78 is 0. The molecule has 3 nitrogen and oxygen atoms in total. The van der Waals surface area contributed by atoms with E-state index in [4.69, 9.17) is 0 Å². The van der Waals surface area contributed by atoms with Crippen molar-refractivity contribution in [3.05, 3.63) is 18.3 Å². The fraction of sp³-hybridized carbons (Fsp3) is 0.500. The van der Waals surface area contributed by atoms with Crippen molar-refractivity contribution in [1.82, 2.24) is 10.2 Å². The second-order valence-corrected chi connectivity index (χ2v) is 4.74. The number of ketones is 1. The third-order valence-corrected chi connectivity index (χ3v) is 3.59. The molecule has 1 heterocycles. The van der Waals surface area contributed by atoms with Crippen molar-refractivity contribution in [2.75, 3.05) is 0 Å². The van der Waals surface area contributed by atoms with Gasteiger partial charge in [-0.05, 0) is 25.0 Å². The highest BCUT2D eigenvalue weighted by Crippen LogP contribution is 2.30. The summed E-state index contributed by atoms with van der Waals surface area (Å²) in [6.07, 6.45) is 5.12. The Bertz CT molecular complexity index is 305. The summed E-state index contributed by atoms with van der Waals surface area (Å²) in [5.74, 6) is 0.404. The molecule has 1 aromatic heterocycles. The van der Waals surface area contributed by atoms with Gasteiger partial charge in [-0.15, -0.1) is 16.9 Å². The van der Waals surface area contributed by atoms with E-state index >= 15 is 0 Å². The summed E-state index contributed by atoms with van der Waals surface area (Å²) in [4.78, 5) is 11.0. The van der Waals surface area contributed by atoms with Gasteiger partial charge in [-0.3, -0.25) is 4.79 Å². The van der Waals surface area contributed by atoms with Gasteiger partial charge in [-0.1, -0.05) is 0 Å². The molecule has 0 saturated heterocycles. The van der Waals surface area contributed by atoms with Gasteiger partial charge in [-0.25, -0.2) is 0 Å². The average Bonchev–Trinajstić information content (AvgIpc) is 2.23. The van der Waals surface area contributed by atoms with Crippen LogP contribution in [0.5, 0.6) is 0 Å². The van der Waals surface area contributed by atoms with E-state index in [9.17, 15) is 4.79 Å². The fourth-order valence-electron chi connectivity index (χ4n) is 1.55. The molecule has 0 amide bonds. The Morgan fingerprint density at radius 1 is 1.36 bits per heavy atom. The topological polar surface area (TPSA) is 42.9 Å². The number of nitrogens with zero attached hydrogens (tertiary/aromatic N) is 2. The van der Waals surface area contributed by atoms with Gasteiger partial charge in [0.1, 0.15) is 10.8 Å². The highest BCUT2D eigenvalue weighted by molar-refractivity contribution is 7.99. The van der Waals surface area contributed by atoms with Crippen LogP contribution in [-0.2, 0) is 4.79 Å². The van der Waals surface area contributed by atoms with Crippen molar-refractivity contribution in [2.45, 2.75) is 36.0 Å². The van der Waals surface area contributed by atoms with Crippen molar-refractivity contribution in [3.63, 3.8) is 0 Å². The van der Waals surface area contributed by atoms with Gasteiger partial charge in [0.25, 0.3) is 0 Å². The van der Waals surface area contributed by atoms with Crippen molar-refractivity contribution in [3.8, 4) is 0 Å². The lowest BCUT2D eigenvalue weighted by Crippen LogP contribution is -2.15. The molecule has 0 bridgehead atoms. The number of carbonyl (C=O) groups is 1. The SMILES string of the molecule is O=C1CCC(Sc2cccnn2)CC1. The number of rotatable bonds is 2. The standard InChI is InChI=1S/C10H12N2OS/c13-8-3-5-9(6-4-8)14-10-2-1-7-11-12-10/h1-2,7,9H,3-6H2. The third kappa shape index (κ3) is 2.54. The number of thioether (sulfide) groups is 1. The maximum absolute atomic E-state index is 11.0. The molecule has 0 atom stereocenters. The number of Topliss-reactive ketones (excluding diaryl/α,β-unsaturated/α-hetero) is 1. The van der Waals surface area contributed by atoms with Crippen LogP contribution >= 0.6 is 11.8 Å². The van der Waals surface area contributed by atoms with Gasteiger partial charge in [0.2, 0.25) is 0 Å². The zero-order valence-corrected chi connectivity index (χ0v) is 8.67. The summed E-state index contributed by atoms with van der Waals surface area (Å²) in [6, 6.07) is 3.86. The molecule has 1 saturated carbocycles.